The molecule has 1 atom stereocenters. The van der Waals surface area contributed by atoms with Crippen molar-refractivity contribution in [2.24, 2.45) is 5.92 Å². The molecule has 3 fully saturated rings. The number of carbonyl (C=O) groups is 1. The molecule has 0 aliphatic carbocycles. The fraction of sp³-hybridized carbons (Fsp3) is 0.933. The van der Waals surface area contributed by atoms with Crippen LogP contribution in [0, 0.1) is 5.92 Å². The Balaban J connectivity index is 1.40. The summed E-state index contributed by atoms with van der Waals surface area (Å²) >= 11 is 0. The Morgan fingerprint density at radius 1 is 0.952 bits per heavy atom. The summed E-state index contributed by atoms with van der Waals surface area (Å²) in [7, 11) is 0. The van der Waals surface area contributed by atoms with Gasteiger partial charge in [0.05, 0.1) is 39.1 Å². The largest absolute Gasteiger partial charge is 0.378 e. The lowest BCUT2D eigenvalue weighted by Crippen LogP contribution is -2.48. The minimum Gasteiger partial charge on any atom is -0.378 e. The van der Waals surface area contributed by atoms with Crippen molar-refractivity contribution in [3.63, 3.8) is 0 Å². The summed E-state index contributed by atoms with van der Waals surface area (Å²) in [6.07, 6.45) is 2.12. The minimum absolute atomic E-state index is 0.197. The van der Waals surface area contributed by atoms with Gasteiger partial charge in [0, 0.05) is 25.6 Å². The van der Waals surface area contributed by atoms with Crippen LogP contribution in [0.2, 0.25) is 0 Å². The quantitative estimate of drug-likeness (QED) is 0.732. The third-order valence-corrected chi connectivity index (χ3v) is 4.61. The van der Waals surface area contributed by atoms with Crippen molar-refractivity contribution in [2.45, 2.75) is 18.9 Å². The predicted molar refractivity (Wildman–Crippen MR) is 77.1 cm³/mol. The standard InChI is InChI=1S/C15H26N2O4/c18-15(17-5-7-19-8-6-17)13-1-3-16(4-2-13)11-14-12-20-9-10-21-14/h13-14H,1-12H2. The molecule has 0 aromatic carbocycles. The van der Waals surface area contributed by atoms with E-state index in [4.69, 9.17) is 14.2 Å². The molecule has 0 radical (unpaired) electrons. The van der Waals surface area contributed by atoms with Gasteiger partial charge in [-0.15, -0.1) is 0 Å². The van der Waals surface area contributed by atoms with Crippen molar-refractivity contribution in [1.29, 1.82) is 0 Å². The highest BCUT2D eigenvalue weighted by Gasteiger charge is 2.30. The number of carbonyl (C=O) groups excluding carboxylic acids is 1. The number of morpholine rings is 1. The summed E-state index contributed by atoms with van der Waals surface area (Å²) in [4.78, 5) is 16.8. The maximum Gasteiger partial charge on any atom is 0.225 e. The first kappa shape index (κ1) is 15.2. The van der Waals surface area contributed by atoms with E-state index in [0.717, 1.165) is 45.6 Å². The lowest BCUT2D eigenvalue weighted by molar-refractivity contribution is -0.141. The minimum atomic E-state index is 0.197. The summed E-state index contributed by atoms with van der Waals surface area (Å²) < 4.78 is 16.4. The topological polar surface area (TPSA) is 51.2 Å². The normalized spacial score (nSPS) is 29.5. The summed E-state index contributed by atoms with van der Waals surface area (Å²) in [6.45, 7) is 7.90. The van der Waals surface area contributed by atoms with Gasteiger partial charge in [0.25, 0.3) is 0 Å². The average molecular weight is 298 g/mol. The molecule has 3 aliphatic heterocycles. The molecule has 3 aliphatic rings. The lowest BCUT2D eigenvalue weighted by Gasteiger charge is -2.37. The molecule has 6 heteroatoms. The smallest absolute Gasteiger partial charge is 0.225 e. The van der Waals surface area contributed by atoms with Gasteiger partial charge in [-0.05, 0) is 25.9 Å². The number of hydrogen-bond acceptors (Lipinski definition) is 5. The molecule has 3 rings (SSSR count). The van der Waals surface area contributed by atoms with Crippen LogP contribution in [0.5, 0.6) is 0 Å². The molecule has 3 saturated heterocycles. The van der Waals surface area contributed by atoms with E-state index >= 15 is 0 Å². The van der Waals surface area contributed by atoms with Crippen molar-refractivity contribution in [3.8, 4) is 0 Å². The Hall–Kier alpha value is -0.690. The lowest BCUT2D eigenvalue weighted by atomic mass is 9.95. The molecule has 0 saturated carbocycles. The fourth-order valence-electron chi connectivity index (χ4n) is 3.33. The van der Waals surface area contributed by atoms with Crippen LogP contribution in [0.15, 0.2) is 0 Å². The van der Waals surface area contributed by atoms with E-state index < -0.39 is 0 Å². The second kappa shape index (κ2) is 7.54. The first-order valence-corrected chi connectivity index (χ1v) is 8.11. The van der Waals surface area contributed by atoms with Crippen LogP contribution in [0.3, 0.4) is 0 Å². The van der Waals surface area contributed by atoms with E-state index in [0.29, 0.717) is 38.9 Å². The van der Waals surface area contributed by atoms with Crippen LogP contribution in [-0.4, -0.2) is 87.6 Å². The molecular weight excluding hydrogens is 272 g/mol. The number of rotatable bonds is 3. The molecule has 120 valence electrons. The van der Waals surface area contributed by atoms with Gasteiger partial charge in [0.15, 0.2) is 0 Å². The van der Waals surface area contributed by atoms with Crippen molar-refractivity contribution in [2.75, 3.05) is 65.8 Å². The van der Waals surface area contributed by atoms with Crippen molar-refractivity contribution in [1.82, 2.24) is 9.80 Å². The maximum atomic E-state index is 12.5. The number of piperidine rings is 1. The first-order valence-electron chi connectivity index (χ1n) is 8.11. The summed E-state index contributed by atoms with van der Waals surface area (Å²) in [5, 5.41) is 0. The van der Waals surface area contributed by atoms with Crippen LogP contribution >= 0.6 is 0 Å². The van der Waals surface area contributed by atoms with Crippen LogP contribution in [-0.2, 0) is 19.0 Å². The molecule has 1 amide bonds. The maximum absolute atomic E-state index is 12.5. The highest BCUT2D eigenvalue weighted by atomic mass is 16.6. The Bertz CT molecular complexity index is 333. The van der Waals surface area contributed by atoms with Gasteiger partial charge in [-0.25, -0.2) is 0 Å². The molecular formula is C15H26N2O4. The molecule has 0 spiro atoms. The van der Waals surface area contributed by atoms with E-state index in [9.17, 15) is 4.79 Å². The van der Waals surface area contributed by atoms with E-state index in [1.54, 1.807) is 0 Å². The summed E-state index contributed by atoms with van der Waals surface area (Å²) in [5.74, 6) is 0.526. The second-order valence-electron chi connectivity index (χ2n) is 6.08. The van der Waals surface area contributed by atoms with Gasteiger partial charge >= 0.3 is 0 Å². The van der Waals surface area contributed by atoms with Crippen molar-refractivity contribution >= 4 is 5.91 Å². The Labute approximate surface area is 126 Å². The zero-order valence-electron chi connectivity index (χ0n) is 12.7. The molecule has 0 bridgehead atoms. The molecule has 6 nitrogen and oxygen atoms in total. The highest BCUT2D eigenvalue weighted by Crippen LogP contribution is 2.21. The number of likely N-dealkylation sites (tertiary alicyclic amines) is 1. The summed E-state index contributed by atoms with van der Waals surface area (Å²) in [5.41, 5.74) is 0. The van der Waals surface area contributed by atoms with Crippen LogP contribution < -0.4 is 0 Å². The van der Waals surface area contributed by atoms with Crippen molar-refractivity contribution < 1.29 is 19.0 Å². The third kappa shape index (κ3) is 4.16. The van der Waals surface area contributed by atoms with Gasteiger partial charge in [0.2, 0.25) is 5.91 Å². The molecule has 21 heavy (non-hydrogen) atoms. The van der Waals surface area contributed by atoms with E-state index in [-0.39, 0.29) is 12.0 Å². The SMILES string of the molecule is O=C(C1CCN(CC2COCCO2)CC1)N1CCOCC1. The Kier molecular flexibility index (Phi) is 5.46. The van der Waals surface area contributed by atoms with E-state index in [1.165, 1.54) is 0 Å². The van der Waals surface area contributed by atoms with E-state index in [2.05, 4.69) is 4.90 Å². The molecule has 0 aromatic rings. The van der Waals surface area contributed by atoms with Crippen molar-refractivity contribution in [3.05, 3.63) is 0 Å². The molecule has 1 unspecified atom stereocenters. The third-order valence-electron chi connectivity index (χ3n) is 4.61. The van der Waals surface area contributed by atoms with E-state index in [1.807, 2.05) is 4.90 Å². The molecule has 3 heterocycles. The van der Waals surface area contributed by atoms with Gasteiger partial charge in [0.1, 0.15) is 0 Å². The monoisotopic (exact) mass is 298 g/mol. The number of ether oxygens (including phenoxy) is 3. The zero-order valence-corrected chi connectivity index (χ0v) is 12.7. The van der Waals surface area contributed by atoms with Crippen LogP contribution in [0.25, 0.3) is 0 Å². The zero-order chi connectivity index (χ0) is 14.5. The number of hydrogen-bond donors (Lipinski definition) is 0. The Morgan fingerprint density at radius 3 is 2.38 bits per heavy atom. The molecule has 0 aromatic heterocycles. The van der Waals surface area contributed by atoms with Gasteiger partial charge in [-0.3, -0.25) is 4.79 Å². The highest BCUT2D eigenvalue weighted by molar-refractivity contribution is 5.79. The summed E-state index contributed by atoms with van der Waals surface area (Å²) in [6, 6.07) is 0. The predicted octanol–water partition coefficient (Wildman–Crippen LogP) is -0.0274. The Morgan fingerprint density at radius 2 is 1.71 bits per heavy atom. The van der Waals surface area contributed by atoms with Crippen LogP contribution in [0.1, 0.15) is 12.8 Å². The van der Waals surface area contributed by atoms with Crippen LogP contribution in [0.4, 0.5) is 0 Å². The van der Waals surface area contributed by atoms with Gasteiger partial charge in [-0.1, -0.05) is 0 Å². The average Bonchev–Trinajstić information content (AvgIpc) is 2.57. The fourth-order valence-corrected chi connectivity index (χ4v) is 3.33. The molecule has 0 N–H and O–H groups in total. The number of nitrogens with zero attached hydrogens (tertiary/aromatic N) is 2. The second-order valence-corrected chi connectivity index (χ2v) is 6.08. The number of amides is 1. The first-order chi connectivity index (χ1) is 10.3. The van der Waals surface area contributed by atoms with Gasteiger partial charge in [-0.2, -0.15) is 0 Å². The van der Waals surface area contributed by atoms with Gasteiger partial charge < -0.3 is 24.0 Å².